The van der Waals surface area contributed by atoms with Crippen molar-refractivity contribution < 1.29 is 8.42 Å². The summed E-state index contributed by atoms with van der Waals surface area (Å²) in [5, 5.41) is 7.99. The van der Waals surface area contributed by atoms with Crippen molar-refractivity contribution in [3.63, 3.8) is 0 Å². The zero-order valence-corrected chi connectivity index (χ0v) is 11.8. The molecule has 0 atom stereocenters. The number of nitrogens with two attached hydrogens (primary N) is 1. The third-order valence-corrected chi connectivity index (χ3v) is 4.35. The normalized spacial score (nSPS) is 11.9. The Balaban J connectivity index is 2.23. The number of sulfonamides is 1. The predicted octanol–water partition coefficient (Wildman–Crippen LogP) is -0.477. The van der Waals surface area contributed by atoms with Gasteiger partial charge in [0, 0.05) is 20.3 Å². The molecule has 2 aromatic heterocycles. The summed E-state index contributed by atoms with van der Waals surface area (Å²) >= 11 is 0. The fourth-order valence-corrected chi connectivity index (χ4v) is 3.06. The van der Waals surface area contributed by atoms with Gasteiger partial charge in [-0.1, -0.05) is 0 Å². The van der Waals surface area contributed by atoms with Gasteiger partial charge in [0.1, 0.15) is 4.90 Å². The zero-order chi connectivity index (χ0) is 14.2. The monoisotopic (exact) mass is 284 g/mol. The van der Waals surface area contributed by atoms with Gasteiger partial charge in [0.05, 0.1) is 17.9 Å². The van der Waals surface area contributed by atoms with Gasteiger partial charge in [-0.25, -0.2) is 13.1 Å². The molecule has 3 N–H and O–H groups in total. The molecule has 9 heteroatoms. The van der Waals surface area contributed by atoms with Crippen molar-refractivity contribution in [1.82, 2.24) is 24.3 Å². The van der Waals surface area contributed by atoms with E-state index in [0.29, 0.717) is 11.4 Å². The van der Waals surface area contributed by atoms with Crippen LogP contribution in [0.1, 0.15) is 11.4 Å². The minimum atomic E-state index is -3.70. The maximum Gasteiger partial charge on any atom is 0.246 e. The van der Waals surface area contributed by atoms with Gasteiger partial charge in [-0.05, 0) is 13.0 Å². The van der Waals surface area contributed by atoms with E-state index in [2.05, 4.69) is 14.9 Å². The zero-order valence-electron chi connectivity index (χ0n) is 11.0. The molecule has 2 rings (SSSR count). The molecule has 0 aliphatic rings. The molecule has 8 nitrogen and oxygen atoms in total. The molecule has 19 heavy (non-hydrogen) atoms. The molecular weight excluding hydrogens is 268 g/mol. The van der Waals surface area contributed by atoms with Crippen molar-refractivity contribution in [3.05, 3.63) is 23.7 Å². The number of hydrogen-bond acceptors (Lipinski definition) is 5. The number of aromatic nitrogens is 4. The number of anilines is 1. The molecule has 0 saturated carbocycles. The summed E-state index contributed by atoms with van der Waals surface area (Å²) in [5.74, 6) is -0.00600. The van der Waals surface area contributed by atoms with Crippen molar-refractivity contribution in [2.45, 2.75) is 18.4 Å². The van der Waals surface area contributed by atoms with Crippen LogP contribution in [-0.2, 0) is 30.7 Å². The third kappa shape index (κ3) is 2.61. The second kappa shape index (κ2) is 4.67. The largest absolute Gasteiger partial charge is 0.381 e. The Labute approximate surface area is 111 Å². The maximum absolute atomic E-state index is 12.2. The highest BCUT2D eigenvalue weighted by Crippen LogP contribution is 2.20. The summed E-state index contributed by atoms with van der Waals surface area (Å²) in [4.78, 5) is 0.0194. The van der Waals surface area contributed by atoms with E-state index in [1.165, 1.54) is 4.68 Å². The van der Waals surface area contributed by atoms with Crippen molar-refractivity contribution in [2.24, 2.45) is 14.1 Å². The van der Waals surface area contributed by atoms with E-state index in [0.717, 1.165) is 0 Å². The summed E-state index contributed by atoms with van der Waals surface area (Å²) in [5.41, 5.74) is 6.75. The molecule has 0 aliphatic carbocycles. The summed E-state index contributed by atoms with van der Waals surface area (Å²) in [6, 6.07) is 1.74. The molecule has 0 bridgehead atoms. The highest BCUT2D eigenvalue weighted by atomic mass is 32.2. The number of nitrogens with zero attached hydrogens (tertiary/aromatic N) is 4. The Morgan fingerprint density at radius 2 is 2.05 bits per heavy atom. The number of aryl methyl sites for hydroxylation is 2. The summed E-state index contributed by atoms with van der Waals surface area (Å²) in [6.45, 7) is 1.76. The molecule has 2 heterocycles. The topological polar surface area (TPSA) is 108 Å². The number of hydrogen-bond donors (Lipinski definition) is 2. The summed E-state index contributed by atoms with van der Waals surface area (Å²) in [6.07, 6.45) is 1.74. The molecule has 0 unspecified atom stereocenters. The Kier molecular flexibility index (Phi) is 3.33. The lowest BCUT2D eigenvalue weighted by Gasteiger charge is -2.05. The molecule has 0 amide bonds. The molecule has 104 valence electrons. The summed E-state index contributed by atoms with van der Waals surface area (Å²) < 4.78 is 29.9. The van der Waals surface area contributed by atoms with Gasteiger partial charge in [0.25, 0.3) is 0 Å². The van der Waals surface area contributed by atoms with Gasteiger partial charge < -0.3 is 5.73 Å². The second-order valence-corrected chi connectivity index (χ2v) is 5.93. The lowest BCUT2D eigenvalue weighted by atomic mass is 10.4. The van der Waals surface area contributed by atoms with Crippen LogP contribution in [0.25, 0.3) is 0 Å². The average Bonchev–Trinajstić information content (AvgIpc) is 2.82. The first kappa shape index (κ1) is 13.6. The molecule has 0 aromatic carbocycles. The molecule has 0 spiro atoms. The number of nitrogens with one attached hydrogen (secondary N) is 1. The predicted molar refractivity (Wildman–Crippen MR) is 69.6 cm³/mol. The fourth-order valence-electron chi connectivity index (χ4n) is 1.75. The molecular formula is C10H16N6O2S. The van der Waals surface area contributed by atoms with Gasteiger partial charge in [-0.15, -0.1) is 0 Å². The van der Waals surface area contributed by atoms with Gasteiger partial charge in [0.15, 0.2) is 5.82 Å². The first-order valence-corrected chi connectivity index (χ1v) is 7.07. The number of nitrogen functional groups attached to an aromatic ring is 1. The van der Waals surface area contributed by atoms with E-state index in [1.54, 1.807) is 38.0 Å². The third-order valence-electron chi connectivity index (χ3n) is 2.79. The van der Waals surface area contributed by atoms with Crippen molar-refractivity contribution in [1.29, 1.82) is 0 Å². The second-order valence-electron chi connectivity index (χ2n) is 4.23. The van der Waals surface area contributed by atoms with Crippen LogP contribution in [0, 0.1) is 6.92 Å². The van der Waals surface area contributed by atoms with E-state index in [1.807, 2.05) is 0 Å². The molecule has 2 aromatic rings. The Bertz CT molecular complexity index is 700. The van der Waals surface area contributed by atoms with Crippen LogP contribution in [0.2, 0.25) is 0 Å². The van der Waals surface area contributed by atoms with Crippen molar-refractivity contribution in [2.75, 3.05) is 5.73 Å². The molecule has 0 saturated heterocycles. The molecule has 0 radical (unpaired) electrons. The summed E-state index contributed by atoms with van der Waals surface area (Å²) in [7, 11) is -0.290. The van der Waals surface area contributed by atoms with Crippen LogP contribution in [0.3, 0.4) is 0 Å². The van der Waals surface area contributed by atoms with Crippen molar-refractivity contribution in [3.8, 4) is 0 Å². The first-order chi connectivity index (χ1) is 8.81. The van der Waals surface area contributed by atoms with Crippen LogP contribution < -0.4 is 10.5 Å². The maximum atomic E-state index is 12.2. The van der Waals surface area contributed by atoms with E-state index in [4.69, 9.17) is 5.73 Å². The highest BCUT2D eigenvalue weighted by Gasteiger charge is 2.24. The van der Waals surface area contributed by atoms with E-state index >= 15 is 0 Å². The highest BCUT2D eigenvalue weighted by molar-refractivity contribution is 7.89. The van der Waals surface area contributed by atoms with Crippen LogP contribution in [-0.4, -0.2) is 28.0 Å². The Morgan fingerprint density at radius 1 is 1.37 bits per heavy atom. The van der Waals surface area contributed by atoms with Crippen LogP contribution in [0.5, 0.6) is 0 Å². The molecule has 0 fully saturated rings. The minimum Gasteiger partial charge on any atom is -0.381 e. The lowest BCUT2D eigenvalue weighted by Crippen LogP contribution is -2.24. The smallest absolute Gasteiger partial charge is 0.246 e. The van der Waals surface area contributed by atoms with Crippen LogP contribution in [0.4, 0.5) is 5.82 Å². The minimum absolute atomic E-state index is 0.00600. The SMILES string of the molecule is Cc1c(S(=O)(=O)NCc2ccn(C)n2)c(N)nn1C. The van der Waals surface area contributed by atoms with Crippen LogP contribution in [0.15, 0.2) is 17.2 Å². The quantitative estimate of drug-likeness (QED) is 0.788. The average molecular weight is 284 g/mol. The van der Waals surface area contributed by atoms with Crippen LogP contribution >= 0.6 is 0 Å². The van der Waals surface area contributed by atoms with Gasteiger partial charge >= 0.3 is 0 Å². The number of rotatable bonds is 4. The van der Waals surface area contributed by atoms with E-state index in [-0.39, 0.29) is 17.3 Å². The first-order valence-electron chi connectivity index (χ1n) is 5.58. The van der Waals surface area contributed by atoms with E-state index < -0.39 is 10.0 Å². The van der Waals surface area contributed by atoms with Gasteiger partial charge in [0.2, 0.25) is 10.0 Å². The Morgan fingerprint density at radius 3 is 2.53 bits per heavy atom. The van der Waals surface area contributed by atoms with Crippen molar-refractivity contribution >= 4 is 15.8 Å². The standard InChI is InChI=1S/C10H16N6O2S/c1-7-9(10(11)14-16(7)3)19(17,18)12-6-8-4-5-15(2)13-8/h4-5,12H,6H2,1-3H3,(H2,11,14). The molecule has 0 aliphatic heterocycles. The lowest BCUT2D eigenvalue weighted by molar-refractivity contribution is 0.578. The fraction of sp³-hybridized carbons (Fsp3) is 0.400. The van der Waals surface area contributed by atoms with E-state index in [9.17, 15) is 8.42 Å². The van der Waals surface area contributed by atoms with Gasteiger partial charge in [-0.2, -0.15) is 10.2 Å². The van der Waals surface area contributed by atoms with Gasteiger partial charge in [-0.3, -0.25) is 9.36 Å². The Hall–Kier alpha value is -1.87.